The number of fused-ring (bicyclic) bond motifs is 3. The minimum absolute atomic E-state index is 0.311. The second-order valence-electron chi connectivity index (χ2n) is 6.49. The second kappa shape index (κ2) is 4.85. The average Bonchev–Trinajstić information content (AvgIpc) is 3.12. The van der Waals surface area contributed by atoms with Crippen LogP contribution in [0.15, 0.2) is 23.2 Å². The van der Waals surface area contributed by atoms with E-state index in [0.29, 0.717) is 0 Å². The van der Waals surface area contributed by atoms with Gasteiger partial charge in [0, 0.05) is 16.6 Å². The van der Waals surface area contributed by atoms with Gasteiger partial charge in [0.2, 0.25) is 6.08 Å². The minimum atomic E-state index is -0.311. The van der Waals surface area contributed by atoms with Gasteiger partial charge in [-0.3, -0.25) is 0 Å². The van der Waals surface area contributed by atoms with Crippen molar-refractivity contribution in [1.29, 1.82) is 0 Å². The summed E-state index contributed by atoms with van der Waals surface area (Å²) in [5.74, 6) is 0. The third-order valence-corrected chi connectivity index (χ3v) is 5.33. The SMILES string of the molecule is O=C=NC1(c2ccc3[nH]c4c(c3c2)CCCC4)CCCC1. The van der Waals surface area contributed by atoms with E-state index in [1.165, 1.54) is 47.0 Å². The molecule has 2 aromatic rings. The maximum atomic E-state index is 10.9. The van der Waals surface area contributed by atoms with E-state index in [1.54, 1.807) is 0 Å². The molecule has 0 unspecified atom stereocenters. The van der Waals surface area contributed by atoms with Gasteiger partial charge in [0.1, 0.15) is 0 Å². The Morgan fingerprint density at radius 1 is 1.10 bits per heavy atom. The first-order chi connectivity index (χ1) is 10.3. The Bertz CT molecular complexity index is 731. The molecule has 21 heavy (non-hydrogen) atoms. The predicted molar refractivity (Wildman–Crippen MR) is 83.2 cm³/mol. The van der Waals surface area contributed by atoms with Crippen LogP contribution in [0.2, 0.25) is 0 Å². The summed E-state index contributed by atoms with van der Waals surface area (Å²) in [5, 5.41) is 1.34. The van der Waals surface area contributed by atoms with Crippen molar-refractivity contribution in [2.45, 2.75) is 56.9 Å². The quantitative estimate of drug-likeness (QED) is 0.652. The zero-order valence-electron chi connectivity index (χ0n) is 12.2. The Kier molecular flexibility index (Phi) is 2.97. The van der Waals surface area contributed by atoms with Crippen molar-refractivity contribution < 1.29 is 4.79 Å². The van der Waals surface area contributed by atoms with E-state index in [-0.39, 0.29) is 5.54 Å². The molecule has 3 heteroatoms. The lowest BCUT2D eigenvalue weighted by atomic mass is 9.87. The summed E-state index contributed by atoms with van der Waals surface area (Å²) < 4.78 is 0. The first-order valence-corrected chi connectivity index (χ1v) is 8.05. The molecule has 1 aromatic carbocycles. The molecule has 0 radical (unpaired) electrons. The van der Waals surface area contributed by atoms with Crippen LogP contribution in [0.5, 0.6) is 0 Å². The number of aryl methyl sites for hydroxylation is 2. The molecular weight excluding hydrogens is 260 g/mol. The fourth-order valence-corrected chi connectivity index (χ4v) is 4.21. The monoisotopic (exact) mass is 280 g/mol. The highest BCUT2D eigenvalue weighted by atomic mass is 16.1. The van der Waals surface area contributed by atoms with Gasteiger partial charge in [-0.15, -0.1) is 0 Å². The topological polar surface area (TPSA) is 45.2 Å². The second-order valence-corrected chi connectivity index (χ2v) is 6.49. The summed E-state index contributed by atoms with van der Waals surface area (Å²) in [6.45, 7) is 0. The Morgan fingerprint density at radius 3 is 2.71 bits per heavy atom. The first kappa shape index (κ1) is 12.8. The zero-order chi connectivity index (χ0) is 14.3. The number of H-pyrrole nitrogens is 1. The normalized spacial score (nSPS) is 20.2. The van der Waals surface area contributed by atoms with Crippen molar-refractivity contribution in [2.75, 3.05) is 0 Å². The summed E-state index contributed by atoms with van der Waals surface area (Å²) in [4.78, 5) is 18.7. The summed E-state index contributed by atoms with van der Waals surface area (Å²) in [7, 11) is 0. The van der Waals surface area contributed by atoms with Crippen LogP contribution in [0.4, 0.5) is 0 Å². The van der Waals surface area contributed by atoms with Crippen LogP contribution in [0.1, 0.15) is 55.3 Å². The summed E-state index contributed by atoms with van der Waals surface area (Å²) in [6.07, 6.45) is 11.0. The van der Waals surface area contributed by atoms with E-state index >= 15 is 0 Å². The number of benzene rings is 1. The van der Waals surface area contributed by atoms with Gasteiger partial charge >= 0.3 is 0 Å². The molecule has 108 valence electrons. The molecule has 0 aliphatic heterocycles. The summed E-state index contributed by atoms with van der Waals surface area (Å²) in [5.41, 5.74) is 5.01. The Balaban J connectivity index is 1.88. The van der Waals surface area contributed by atoms with Gasteiger partial charge in [0.25, 0.3) is 0 Å². The molecule has 2 aliphatic carbocycles. The molecule has 2 aliphatic rings. The van der Waals surface area contributed by atoms with Gasteiger partial charge in [-0.1, -0.05) is 18.9 Å². The minimum Gasteiger partial charge on any atom is -0.358 e. The number of nitrogens with zero attached hydrogens (tertiary/aromatic N) is 1. The van der Waals surface area contributed by atoms with Crippen LogP contribution < -0.4 is 0 Å². The fourth-order valence-electron chi connectivity index (χ4n) is 4.21. The smallest absolute Gasteiger partial charge is 0.235 e. The number of rotatable bonds is 2. The van der Waals surface area contributed by atoms with Crippen LogP contribution in [0, 0.1) is 0 Å². The van der Waals surface area contributed by atoms with Crippen LogP contribution in [-0.4, -0.2) is 11.1 Å². The number of aromatic amines is 1. The summed E-state index contributed by atoms with van der Waals surface area (Å²) >= 11 is 0. The van der Waals surface area contributed by atoms with Crippen LogP contribution in [-0.2, 0) is 23.2 Å². The van der Waals surface area contributed by atoms with Crippen LogP contribution in [0.25, 0.3) is 10.9 Å². The third kappa shape index (κ3) is 1.96. The van der Waals surface area contributed by atoms with Gasteiger partial charge in [-0.2, -0.15) is 4.99 Å². The Morgan fingerprint density at radius 2 is 1.90 bits per heavy atom. The van der Waals surface area contributed by atoms with E-state index in [2.05, 4.69) is 28.2 Å². The molecule has 4 rings (SSSR count). The van der Waals surface area contributed by atoms with Crippen molar-refractivity contribution in [3.8, 4) is 0 Å². The predicted octanol–water partition coefficient (Wildman–Crippen LogP) is 4.15. The van der Waals surface area contributed by atoms with Crippen molar-refractivity contribution in [1.82, 2.24) is 4.98 Å². The highest BCUT2D eigenvalue weighted by Crippen LogP contribution is 2.43. The number of aromatic nitrogens is 1. The Hall–Kier alpha value is -1.86. The third-order valence-electron chi connectivity index (χ3n) is 5.33. The van der Waals surface area contributed by atoms with Gasteiger partial charge in [0.15, 0.2) is 0 Å². The molecule has 0 bridgehead atoms. The van der Waals surface area contributed by atoms with Crippen molar-refractivity contribution in [3.05, 3.63) is 35.0 Å². The molecule has 1 N–H and O–H groups in total. The number of hydrogen-bond donors (Lipinski definition) is 1. The highest BCUT2D eigenvalue weighted by molar-refractivity contribution is 5.86. The van der Waals surface area contributed by atoms with Crippen molar-refractivity contribution in [2.24, 2.45) is 4.99 Å². The standard InChI is InChI=1S/C18H20N2O/c21-12-19-18(9-3-4-10-18)13-7-8-17-15(11-13)14-5-1-2-6-16(14)20-17/h7-8,11,20H,1-6,9-10H2. The van der Waals surface area contributed by atoms with Crippen molar-refractivity contribution >= 4 is 17.0 Å². The average molecular weight is 280 g/mol. The highest BCUT2D eigenvalue weighted by Gasteiger charge is 2.36. The number of isocyanates is 1. The fraction of sp³-hybridized carbons (Fsp3) is 0.500. The molecule has 0 spiro atoms. The van der Waals surface area contributed by atoms with Crippen LogP contribution >= 0.6 is 0 Å². The largest absolute Gasteiger partial charge is 0.358 e. The van der Waals surface area contributed by atoms with E-state index in [9.17, 15) is 4.79 Å². The maximum Gasteiger partial charge on any atom is 0.235 e. The number of carbonyl (C=O) groups excluding carboxylic acids is 1. The lowest BCUT2D eigenvalue weighted by molar-refractivity contribution is 0.456. The first-order valence-electron chi connectivity index (χ1n) is 8.05. The summed E-state index contributed by atoms with van der Waals surface area (Å²) in [6, 6.07) is 6.60. The molecule has 0 amide bonds. The molecular formula is C18H20N2O. The number of aliphatic imine (C=N–C) groups is 1. The molecule has 3 nitrogen and oxygen atoms in total. The van der Waals surface area contributed by atoms with Gasteiger partial charge < -0.3 is 4.98 Å². The molecule has 1 aromatic heterocycles. The zero-order valence-corrected chi connectivity index (χ0v) is 12.2. The molecule has 0 atom stereocenters. The van der Waals surface area contributed by atoms with E-state index in [1.807, 2.05) is 6.08 Å². The van der Waals surface area contributed by atoms with E-state index in [0.717, 1.165) is 32.1 Å². The maximum absolute atomic E-state index is 10.9. The van der Waals surface area contributed by atoms with Gasteiger partial charge in [0.05, 0.1) is 5.54 Å². The van der Waals surface area contributed by atoms with Gasteiger partial charge in [-0.25, -0.2) is 4.79 Å². The number of nitrogens with one attached hydrogen (secondary N) is 1. The van der Waals surface area contributed by atoms with E-state index < -0.39 is 0 Å². The molecule has 0 saturated heterocycles. The lowest BCUT2D eigenvalue weighted by Crippen LogP contribution is -2.18. The Labute approximate surface area is 124 Å². The van der Waals surface area contributed by atoms with E-state index in [4.69, 9.17) is 0 Å². The molecule has 1 saturated carbocycles. The lowest BCUT2D eigenvalue weighted by Gasteiger charge is -2.23. The van der Waals surface area contributed by atoms with Crippen molar-refractivity contribution in [3.63, 3.8) is 0 Å². The molecule has 1 heterocycles. The number of hydrogen-bond acceptors (Lipinski definition) is 2. The molecule has 1 fully saturated rings. The van der Waals surface area contributed by atoms with Gasteiger partial charge in [-0.05, 0) is 61.8 Å². The van der Waals surface area contributed by atoms with Crippen LogP contribution in [0.3, 0.4) is 0 Å².